The zero-order valence-electron chi connectivity index (χ0n) is 12.2. The van der Waals surface area contributed by atoms with Gasteiger partial charge in [0.25, 0.3) is 0 Å². The first kappa shape index (κ1) is 13.6. The standard InChI is InChI=1S/C18H19N3/c1-2-3-14-21-18(16-12-8-5-9-13-16)19-17(20-21)15-10-6-4-7-11-15/h4-13H,2-3,14H2,1H3. The quantitative estimate of drug-likeness (QED) is 0.691. The number of benzene rings is 2. The molecule has 3 rings (SSSR count). The number of hydrogen-bond donors (Lipinski definition) is 0. The zero-order valence-corrected chi connectivity index (χ0v) is 12.2. The molecule has 0 N–H and O–H groups in total. The molecule has 0 saturated carbocycles. The van der Waals surface area contributed by atoms with E-state index in [1.165, 1.54) is 0 Å². The van der Waals surface area contributed by atoms with Crippen molar-refractivity contribution in [3.8, 4) is 22.8 Å². The number of unbranched alkanes of at least 4 members (excludes halogenated alkanes) is 1. The van der Waals surface area contributed by atoms with Gasteiger partial charge in [-0.15, -0.1) is 0 Å². The zero-order chi connectivity index (χ0) is 14.5. The third-order valence-corrected chi connectivity index (χ3v) is 3.46. The van der Waals surface area contributed by atoms with Crippen LogP contribution in [0.1, 0.15) is 19.8 Å². The molecule has 3 heteroatoms. The van der Waals surface area contributed by atoms with Crippen molar-refractivity contribution < 1.29 is 0 Å². The van der Waals surface area contributed by atoms with Gasteiger partial charge in [-0.25, -0.2) is 9.67 Å². The molecule has 1 aromatic heterocycles. The highest BCUT2D eigenvalue weighted by atomic mass is 15.3. The molecule has 0 aliphatic rings. The minimum absolute atomic E-state index is 0.797. The fourth-order valence-corrected chi connectivity index (χ4v) is 2.32. The van der Waals surface area contributed by atoms with Crippen molar-refractivity contribution in [2.45, 2.75) is 26.3 Å². The lowest BCUT2D eigenvalue weighted by atomic mass is 10.2. The van der Waals surface area contributed by atoms with Crippen LogP contribution in [0.25, 0.3) is 22.8 Å². The molecule has 21 heavy (non-hydrogen) atoms. The van der Waals surface area contributed by atoms with Gasteiger partial charge in [-0.3, -0.25) is 0 Å². The Balaban J connectivity index is 2.03. The summed E-state index contributed by atoms with van der Waals surface area (Å²) in [7, 11) is 0. The van der Waals surface area contributed by atoms with E-state index in [0.717, 1.165) is 42.2 Å². The topological polar surface area (TPSA) is 30.7 Å². The second kappa shape index (κ2) is 6.35. The van der Waals surface area contributed by atoms with Crippen LogP contribution in [-0.2, 0) is 6.54 Å². The lowest BCUT2D eigenvalue weighted by Crippen LogP contribution is -2.02. The summed E-state index contributed by atoms with van der Waals surface area (Å²) in [4.78, 5) is 4.76. The highest BCUT2D eigenvalue weighted by molar-refractivity contribution is 5.61. The SMILES string of the molecule is CCCCn1nc(-c2ccccc2)nc1-c1ccccc1. The fraction of sp³-hybridized carbons (Fsp3) is 0.222. The van der Waals surface area contributed by atoms with Crippen molar-refractivity contribution in [1.29, 1.82) is 0 Å². The first-order valence-corrected chi connectivity index (χ1v) is 7.44. The number of aryl methyl sites for hydroxylation is 1. The maximum atomic E-state index is 4.76. The van der Waals surface area contributed by atoms with E-state index in [0.29, 0.717) is 0 Å². The average Bonchev–Trinajstić information content (AvgIpc) is 2.99. The Hall–Kier alpha value is -2.42. The molecule has 0 aliphatic heterocycles. The van der Waals surface area contributed by atoms with Crippen molar-refractivity contribution in [2.24, 2.45) is 0 Å². The Bertz CT molecular complexity index is 687. The van der Waals surface area contributed by atoms with Gasteiger partial charge in [-0.1, -0.05) is 74.0 Å². The van der Waals surface area contributed by atoms with E-state index in [9.17, 15) is 0 Å². The summed E-state index contributed by atoms with van der Waals surface area (Å²) in [6.45, 7) is 3.10. The van der Waals surface area contributed by atoms with Gasteiger partial charge in [0.05, 0.1) is 0 Å². The summed E-state index contributed by atoms with van der Waals surface area (Å²) in [5.41, 5.74) is 2.17. The normalized spacial score (nSPS) is 10.7. The first-order chi connectivity index (χ1) is 10.4. The van der Waals surface area contributed by atoms with E-state index < -0.39 is 0 Å². The molecule has 0 saturated heterocycles. The average molecular weight is 277 g/mol. The molecular formula is C18H19N3. The van der Waals surface area contributed by atoms with Crippen LogP contribution < -0.4 is 0 Å². The number of rotatable bonds is 5. The summed E-state index contributed by atoms with van der Waals surface area (Å²) in [6.07, 6.45) is 2.26. The molecule has 0 aliphatic carbocycles. The number of hydrogen-bond acceptors (Lipinski definition) is 2. The smallest absolute Gasteiger partial charge is 0.181 e. The maximum Gasteiger partial charge on any atom is 0.181 e. The number of aromatic nitrogens is 3. The molecule has 0 amide bonds. The summed E-state index contributed by atoms with van der Waals surface area (Å²) < 4.78 is 2.03. The second-order valence-corrected chi connectivity index (χ2v) is 5.07. The van der Waals surface area contributed by atoms with Crippen molar-refractivity contribution in [2.75, 3.05) is 0 Å². The van der Waals surface area contributed by atoms with Crippen LogP contribution in [0, 0.1) is 0 Å². The van der Waals surface area contributed by atoms with Gasteiger partial charge >= 0.3 is 0 Å². The third kappa shape index (κ3) is 3.02. The first-order valence-electron chi connectivity index (χ1n) is 7.44. The van der Waals surface area contributed by atoms with Crippen molar-refractivity contribution in [3.63, 3.8) is 0 Å². The Morgan fingerprint density at radius 1 is 0.857 bits per heavy atom. The highest BCUT2D eigenvalue weighted by Crippen LogP contribution is 2.22. The molecule has 0 atom stereocenters. The second-order valence-electron chi connectivity index (χ2n) is 5.07. The summed E-state index contributed by atoms with van der Waals surface area (Å²) in [5.74, 6) is 1.74. The molecule has 0 radical (unpaired) electrons. The van der Waals surface area contributed by atoms with Crippen molar-refractivity contribution >= 4 is 0 Å². The largest absolute Gasteiger partial charge is 0.245 e. The summed E-state index contributed by atoms with van der Waals surface area (Å²) in [6, 6.07) is 20.4. The Morgan fingerprint density at radius 3 is 2.10 bits per heavy atom. The van der Waals surface area contributed by atoms with E-state index in [-0.39, 0.29) is 0 Å². The van der Waals surface area contributed by atoms with E-state index in [4.69, 9.17) is 10.1 Å². The predicted octanol–water partition coefficient (Wildman–Crippen LogP) is 4.41. The van der Waals surface area contributed by atoms with Crippen LogP contribution in [0.15, 0.2) is 60.7 Å². The summed E-state index contributed by atoms with van der Waals surface area (Å²) in [5, 5.41) is 4.70. The van der Waals surface area contributed by atoms with Gasteiger partial charge in [-0.05, 0) is 6.42 Å². The Morgan fingerprint density at radius 2 is 1.48 bits per heavy atom. The van der Waals surface area contributed by atoms with Crippen molar-refractivity contribution in [3.05, 3.63) is 60.7 Å². The Labute approximate surface area is 125 Å². The van der Waals surface area contributed by atoms with E-state index in [1.54, 1.807) is 0 Å². The molecule has 1 heterocycles. The molecule has 0 spiro atoms. The number of nitrogens with zero attached hydrogens (tertiary/aromatic N) is 3. The van der Waals surface area contributed by atoms with Crippen LogP contribution >= 0.6 is 0 Å². The van der Waals surface area contributed by atoms with Crippen LogP contribution in [0.4, 0.5) is 0 Å². The van der Waals surface area contributed by atoms with Gasteiger partial charge in [0.2, 0.25) is 0 Å². The van der Waals surface area contributed by atoms with Gasteiger partial charge in [0, 0.05) is 17.7 Å². The highest BCUT2D eigenvalue weighted by Gasteiger charge is 2.12. The molecule has 3 nitrogen and oxygen atoms in total. The molecule has 2 aromatic carbocycles. The maximum absolute atomic E-state index is 4.76. The van der Waals surface area contributed by atoms with Gasteiger partial charge < -0.3 is 0 Å². The lowest BCUT2D eigenvalue weighted by Gasteiger charge is -2.04. The fourth-order valence-electron chi connectivity index (χ4n) is 2.32. The molecule has 0 fully saturated rings. The minimum atomic E-state index is 0.797. The summed E-state index contributed by atoms with van der Waals surface area (Å²) >= 11 is 0. The molecule has 0 unspecified atom stereocenters. The van der Waals surface area contributed by atoms with E-state index in [2.05, 4.69) is 19.1 Å². The lowest BCUT2D eigenvalue weighted by molar-refractivity contribution is 0.577. The minimum Gasteiger partial charge on any atom is -0.245 e. The van der Waals surface area contributed by atoms with Gasteiger partial charge in [0.1, 0.15) is 0 Å². The molecular weight excluding hydrogens is 258 g/mol. The van der Waals surface area contributed by atoms with E-state index >= 15 is 0 Å². The van der Waals surface area contributed by atoms with Gasteiger partial charge in [0.15, 0.2) is 11.6 Å². The molecule has 106 valence electrons. The van der Waals surface area contributed by atoms with Crippen LogP contribution in [0.5, 0.6) is 0 Å². The monoisotopic (exact) mass is 277 g/mol. The predicted molar refractivity (Wildman–Crippen MR) is 85.8 cm³/mol. The van der Waals surface area contributed by atoms with Crippen LogP contribution in [0.2, 0.25) is 0 Å². The van der Waals surface area contributed by atoms with Crippen LogP contribution in [-0.4, -0.2) is 14.8 Å². The molecule has 0 bridgehead atoms. The van der Waals surface area contributed by atoms with Crippen molar-refractivity contribution in [1.82, 2.24) is 14.8 Å². The molecule has 3 aromatic rings. The van der Waals surface area contributed by atoms with Gasteiger partial charge in [-0.2, -0.15) is 5.10 Å². The van der Waals surface area contributed by atoms with Crippen LogP contribution in [0.3, 0.4) is 0 Å². The van der Waals surface area contributed by atoms with E-state index in [1.807, 2.05) is 53.2 Å². The third-order valence-electron chi connectivity index (χ3n) is 3.46. The Kier molecular flexibility index (Phi) is 4.10.